The summed E-state index contributed by atoms with van der Waals surface area (Å²) in [6.45, 7) is 5.63. The predicted octanol–water partition coefficient (Wildman–Crippen LogP) is 2.34. The lowest BCUT2D eigenvalue weighted by Crippen LogP contribution is -2.50. The Balaban J connectivity index is 1.47. The van der Waals surface area contributed by atoms with E-state index in [9.17, 15) is 4.79 Å². The zero-order valence-electron chi connectivity index (χ0n) is 15.6. The maximum absolute atomic E-state index is 12.7. The molecule has 0 N–H and O–H groups in total. The molecular formula is C21H26N4O2. The van der Waals surface area contributed by atoms with E-state index in [1.165, 1.54) is 5.56 Å². The Labute approximate surface area is 160 Å². The van der Waals surface area contributed by atoms with Gasteiger partial charge in [-0.1, -0.05) is 30.3 Å². The Bertz CT molecular complexity index is 731. The largest absolute Gasteiger partial charge is 0.468 e. The first-order valence-electron chi connectivity index (χ1n) is 9.40. The lowest BCUT2D eigenvalue weighted by Gasteiger charge is -2.35. The summed E-state index contributed by atoms with van der Waals surface area (Å²) >= 11 is 0. The fourth-order valence-electron chi connectivity index (χ4n) is 3.33. The Morgan fingerprint density at radius 2 is 1.89 bits per heavy atom. The summed E-state index contributed by atoms with van der Waals surface area (Å²) in [5.41, 5.74) is 1.30. The summed E-state index contributed by atoms with van der Waals surface area (Å²) in [4.78, 5) is 19.0. The summed E-state index contributed by atoms with van der Waals surface area (Å²) in [6, 6.07) is 16.3. The first-order valence-corrected chi connectivity index (χ1v) is 9.40. The molecule has 2 heterocycles. The van der Waals surface area contributed by atoms with Gasteiger partial charge in [0.15, 0.2) is 0 Å². The van der Waals surface area contributed by atoms with Crippen molar-refractivity contribution in [1.82, 2.24) is 14.7 Å². The number of carbonyl (C=O) groups excluding carboxylic acids is 1. The normalized spacial score (nSPS) is 15.0. The Morgan fingerprint density at radius 3 is 2.56 bits per heavy atom. The number of amides is 1. The second-order valence-corrected chi connectivity index (χ2v) is 6.84. The first-order chi connectivity index (χ1) is 13.2. The molecule has 6 heteroatoms. The maximum Gasteiger partial charge on any atom is 0.236 e. The molecule has 0 unspecified atom stereocenters. The van der Waals surface area contributed by atoms with E-state index < -0.39 is 0 Å². The number of furan rings is 1. The van der Waals surface area contributed by atoms with Crippen molar-refractivity contribution in [2.75, 3.05) is 39.3 Å². The second kappa shape index (κ2) is 9.91. The van der Waals surface area contributed by atoms with Gasteiger partial charge < -0.3 is 9.32 Å². The van der Waals surface area contributed by atoms with E-state index in [0.717, 1.165) is 38.5 Å². The fourth-order valence-corrected chi connectivity index (χ4v) is 3.33. The molecule has 0 radical (unpaired) electrons. The van der Waals surface area contributed by atoms with Crippen LogP contribution < -0.4 is 0 Å². The van der Waals surface area contributed by atoms with Crippen LogP contribution in [0.1, 0.15) is 17.7 Å². The van der Waals surface area contributed by atoms with Crippen molar-refractivity contribution in [2.24, 2.45) is 0 Å². The van der Waals surface area contributed by atoms with Crippen molar-refractivity contribution < 1.29 is 9.21 Å². The highest BCUT2D eigenvalue weighted by atomic mass is 16.3. The van der Waals surface area contributed by atoms with Gasteiger partial charge in [0.25, 0.3) is 0 Å². The minimum atomic E-state index is 0.124. The fraction of sp³-hybridized carbons (Fsp3) is 0.429. The van der Waals surface area contributed by atoms with Crippen LogP contribution in [0.25, 0.3) is 0 Å². The summed E-state index contributed by atoms with van der Waals surface area (Å²) in [6.07, 6.45) is 2.03. The molecule has 0 saturated carbocycles. The molecule has 2 aromatic rings. The molecule has 1 aromatic carbocycles. The molecule has 0 aliphatic carbocycles. The highest BCUT2D eigenvalue weighted by Crippen LogP contribution is 2.10. The van der Waals surface area contributed by atoms with Gasteiger partial charge in [0.05, 0.1) is 25.4 Å². The molecule has 3 rings (SSSR count). The topological polar surface area (TPSA) is 63.7 Å². The second-order valence-electron chi connectivity index (χ2n) is 6.84. The van der Waals surface area contributed by atoms with E-state index in [4.69, 9.17) is 9.68 Å². The molecule has 1 aromatic heterocycles. The van der Waals surface area contributed by atoms with Gasteiger partial charge in [-0.2, -0.15) is 5.26 Å². The molecule has 0 atom stereocenters. The number of rotatable bonds is 8. The van der Waals surface area contributed by atoms with Crippen molar-refractivity contribution in [1.29, 1.82) is 5.26 Å². The zero-order chi connectivity index (χ0) is 18.9. The summed E-state index contributed by atoms with van der Waals surface area (Å²) in [7, 11) is 0. The van der Waals surface area contributed by atoms with Gasteiger partial charge in [-0.25, -0.2) is 0 Å². The van der Waals surface area contributed by atoms with Gasteiger partial charge >= 0.3 is 0 Å². The van der Waals surface area contributed by atoms with Crippen LogP contribution in [-0.4, -0.2) is 59.9 Å². The van der Waals surface area contributed by atoms with Crippen molar-refractivity contribution in [3.05, 3.63) is 60.1 Å². The van der Waals surface area contributed by atoms with Gasteiger partial charge in [-0.05, 0) is 17.7 Å². The maximum atomic E-state index is 12.7. The molecule has 0 spiro atoms. The third-order valence-electron chi connectivity index (χ3n) is 4.83. The third-order valence-corrected chi connectivity index (χ3v) is 4.83. The Morgan fingerprint density at radius 1 is 1.11 bits per heavy atom. The predicted molar refractivity (Wildman–Crippen MR) is 103 cm³/mol. The SMILES string of the molecule is N#CCCN(CC(=O)N1CCN(Cc2ccccc2)CC1)Cc1ccco1. The highest BCUT2D eigenvalue weighted by molar-refractivity contribution is 5.78. The summed E-state index contributed by atoms with van der Waals surface area (Å²) < 4.78 is 5.39. The van der Waals surface area contributed by atoms with Gasteiger partial charge in [0.2, 0.25) is 5.91 Å². The number of nitrogens with zero attached hydrogens (tertiary/aromatic N) is 4. The van der Waals surface area contributed by atoms with Crippen LogP contribution in [-0.2, 0) is 17.9 Å². The molecule has 1 fully saturated rings. The lowest BCUT2D eigenvalue weighted by molar-refractivity contribution is -0.134. The molecule has 0 bridgehead atoms. The van der Waals surface area contributed by atoms with Crippen LogP contribution in [0.3, 0.4) is 0 Å². The number of hydrogen-bond acceptors (Lipinski definition) is 5. The van der Waals surface area contributed by atoms with Crippen molar-refractivity contribution in [3.8, 4) is 6.07 Å². The van der Waals surface area contributed by atoms with Crippen LogP contribution >= 0.6 is 0 Å². The molecule has 1 aliphatic heterocycles. The lowest BCUT2D eigenvalue weighted by atomic mass is 10.2. The van der Waals surface area contributed by atoms with Gasteiger partial charge in [0.1, 0.15) is 5.76 Å². The van der Waals surface area contributed by atoms with E-state index >= 15 is 0 Å². The van der Waals surface area contributed by atoms with Gasteiger partial charge in [-0.3, -0.25) is 14.6 Å². The Kier molecular flexibility index (Phi) is 7.03. The van der Waals surface area contributed by atoms with E-state index in [0.29, 0.717) is 26.1 Å². The molecular weight excluding hydrogens is 340 g/mol. The van der Waals surface area contributed by atoms with Crippen LogP contribution in [0.5, 0.6) is 0 Å². The van der Waals surface area contributed by atoms with Crippen molar-refractivity contribution in [2.45, 2.75) is 19.5 Å². The number of nitriles is 1. The molecule has 1 saturated heterocycles. The van der Waals surface area contributed by atoms with Crippen LogP contribution in [0, 0.1) is 11.3 Å². The minimum absolute atomic E-state index is 0.124. The smallest absolute Gasteiger partial charge is 0.236 e. The third kappa shape index (κ3) is 5.95. The molecule has 6 nitrogen and oxygen atoms in total. The standard InChI is InChI=1S/C21H26N4O2/c22-9-5-10-24(17-20-8-4-15-27-20)18-21(26)25-13-11-23(12-14-25)16-19-6-2-1-3-7-19/h1-4,6-8,15H,5,10-14,16-18H2. The van der Waals surface area contributed by atoms with E-state index in [2.05, 4.69) is 35.2 Å². The number of hydrogen-bond donors (Lipinski definition) is 0. The van der Waals surface area contributed by atoms with Crippen molar-refractivity contribution >= 4 is 5.91 Å². The molecule has 1 amide bonds. The van der Waals surface area contributed by atoms with Gasteiger partial charge in [-0.15, -0.1) is 0 Å². The average Bonchev–Trinajstić information content (AvgIpc) is 3.20. The highest BCUT2D eigenvalue weighted by Gasteiger charge is 2.23. The van der Waals surface area contributed by atoms with Crippen LogP contribution in [0.4, 0.5) is 0 Å². The average molecular weight is 366 g/mol. The van der Waals surface area contributed by atoms with E-state index in [-0.39, 0.29) is 5.91 Å². The summed E-state index contributed by atoms with van der Waals surface area (Å²) in [5, 5.41) is 8.87. The molecule has 27 heavy (non-hydrogen) atoms. The number of piperazine rings is 1. The van der Waals surface area contributed by atoms with Crippen molar-refractivity contribution in [3.63, 3.8) is 0 Å². The summed E-state index contributed by atoms with van der Waals surface area (Å²) in [5.74, 6) is 0.937. The Hall–Kier alpha value is -2.62. The molecule has 142 valence electrons. The number of carbonyl (C=O) groups is 1. The monoisotopic (exact) mass is 366 g/mol. The van der Waals surface area contributed by atoms with E-state index in [1.807, 2.05) is 28.0 Å². The van der Waals surface area contributed by atoms with Crippen LogP contribution in [0.2, 0.25) is 0 Å². The zero-order valence-corrected chi connectivity index (χ0v) is 15.6. The number of benzene rings is 1. The minimum Gasteiger partial charge on any atom is -0.468 e. The van der Waals surface area contributed by atoms with Gasteiger partial charge in [0, 0.05) is 45.7 Å². The molecule has 1 aliphatic rings. The first kappa shape index (κ1) is 19.2. The quantitative estimate of drug-likeness (QED) is 0.718. The van der Waals surface area contributed by atoms with Crippen LogP contribution in [0.15, 0.2) is 53.1 Å². The van der Waals surface area contributed by atoms with E-state index in [1.54, 1.807) is 6.26 Å².